The van der Waals surface area contributed by atoms with Gasteiger partial charge in [-0.3, -0.25) is 4.79 Å². The summed E-state index contributed by atoms with van der Waals surface area (Å²) in [6.07, 6.45) is 3.37. The predicted octanol–water partition coefficient (Wildman–Crippen LogP) is 3.64. The summed E-state index contributed by atoms with van der Waals surface area (Å²) in [5.74, 6) is 0.844. The number of aryl methyl sites for hydroxylation is 1. The summed E-state index contributed by atoms with van der Waals surface area (Å²) in [5, 5.41) is 2.95. The van der Waals surface area contributed by atoms with Gasteiger partial charge < -0.3 is 10.2 Å². The molecule has 0 radical (unpaired) electrons. The molecule has 1 fully saturated rings. The molecule has 3 heterocycles. The molecule has 118 valence electrons. The lowest BCUT2D eigenvalue weighted by Crippen LogP contribution is -2.46. The highest BCUT2D eigenvalue weighted by Crippen LogP contribution is 2.45. The van der Waals surface area contributed by atoms with Crippen molar-refractivity contribution in [1.29, 1.82) is 0 Å². The molecule has 5 heteroatoms. The van der Waals surface area contributed by atoms with Crippen LogP contribution in [0, 0.1) is 6.92 Å². The third-order valence-corrected chi connectivity index (χ3v) is 5.69. The first-order chi connectivity index (χ1) is 11.1. The van der Waals surface area contributed by atoms with E-state index >= 15 is 0 Å². The van der Waals surface area contributed by atoms with Crippen LogP contribution < -0.4 is 10.2 Å². The highest BCUT2D eigenvalue weighted by atomic mass is 79.9. The van der Waals surface area contributed by atoms with E-state index in [1.54, 1.807) is 6.20 Å². The number of nitrogens with one attached hydrogen (secondary N) is 1. The number of amides is 1. The van der Waals surface area contributed by atoms with Crippen LogP contribution in [0.1, 0.15) is 24.0 Å². The van der Waals surface area contributed by atoms with Gasteiger partial charge in [0.15, 0.2) is 0 Å². The number of pyridine rings is 1. The molecule has 2 aromatic rings. The van der Waals surface area contributed by atoms with Gasteiger partial charge in [0, 0.05) is 29.3 Å². The number of aromatic nitrogens is 1. The fourth-order valence-corrected chi connectivity index (χ4v) is 4.48. The van der Waals surface area contributed by atoms with Gasteiger partial charge in [-0.1, -0.05) is 12.1 Å². The molecular formula is C18H18BrN3O. The summed E-state index contributed by atoms with van der Waals surface area (Å²) >= 11 is 3.66. The van der Waals surface area contributed by atoms with Crippen molar-refractivity contribution >= 4 is 33.3 Å². The van der Waals surface area contributed by atoms with Crippen molar-refractivity contribution in [2.24, 2.45) is 0 Å². The lowest BCUT2D eigenvalue weighted by Gasteiger charge is -2.39. The van der Waals surface area contributed by atoms with E-state index in [1.807, 2.05) is 12.1 Å². The normalized spacial score (nSPS) is 18.9. The predicted molar refractivity (Wildman–Crippen MR) is 94.9 cm³/mol. The van der Waals surface area contributed by atoms with E-state index in [4.69, 9.17) is 0 Å². The quantitative estimate of drug-likeness (QED) is 0.831. The van der Waals surface area contributed by atoms with E-state index in [9.17, 15) is 4.79 Å². The number of fused-ring (bicyclic) bond motifs is 2. The lowest BCUT2D eigenvalue weighted by molar-refractivity contribution is -0.121. The van der Waals surface area contributed by atoms with Crippen LogP contribution in [0.5, 0.6) is 0 Å². The van der Waals surface area contributed by atoms with E-state index in [1.165, 1.54) is 11.3 Å². The maximum atomic E-state index is 12.6. The molecule has 0 unspecified atom stereocenters. The number of anilines is 2. The summed E-state index contributed by atoms with van der Waals surface area (Å²) in [4.78, 5) is 19.2. The molecule has 1 spiro atoms. The van der Waals surface area contributed by atoms with Gasteiger partial charge in [-0.05, 0) is 59.5 Å². The molecule has 0 bridgehead atoms. The zero-order valence-corrected chi connectivity index (χ0v) is 14.6. The van der Waals surface area contributed by atoms with Crippen LogP contribution in [-0.2, 0) is 10.2 Å². The SMILES string of the molecule is Cc1ccc(N2CCC3(CC2)C(=O)Nc2ncccc23)c(Br)c1. The maximum absolute atomic E-state index is 12.6. The van der Waals surface area contributed by atoms with E-state index in [2.05, 4.69) is 56.3 Å². The summed E-state index contributed by atoms with van der Waals surface area (Å²) in [5.41, 5.74) is 3.10. The molecular weight excluding hydrogens is 354 g/mol. The molecule has 2 aliphatic heterocycles. The van der Waals surface area contributed by atoms with Crippen molar-refractivity contribution in [3.63, 3.8) is 0 Å². The van der Waals surface area contributed by atoms with E-state index < -0.39 is 5.41 Å². The smallest absolute Gasteiger partial charge is 0.236 e. The number of benzene rings is 1. The van der Waals surface area contributed by atoms with Crippen LogP contribution in [0.2, 0.25) is 0 Å². The van der Waals surface area contributed by atoms with Gasteiger partial charge >= 0.3 is 0 Å². The Hall–Kier alpha value is -1.88. The lowest BCUT2D eigenvalue weighted by atomic mass is 9.74. The second-order valence-electron chi connectivity index (χ2n) is 6.38. The minimum Gasteiger partial charge on any atom is -0.371 e. The van der Waals surface area contributed by atoms with Gasteiger partial charge in [-0.25, -0.2) is 4.98 Å². The van der Waals surface area contributed by atoms with Crippen molar-refractivity contribution in [3.8, 4) is 0 Å². The Kier molecular flexibility index (Phi) is 3.41. The molecule has 1 N–H and O–H groups in total. The number of hydrogen-bond donors (Lipinski definition) is 1. The molecule has 1 amide bonds. The zero-order chi connectivity index (χ0) is 16.0. The second kappa shape index (κ2) is 5.34. The zero-order valence-electron chi connectivity index (χ0n) is 13.0. The van der Waals surface area contributed by atoms with Crippen LogP contribution in [0.4, 0.5) is 11.5 Å². The topological polar surface area (TPSA) is 45.2 Å². The summed E-state index contributed by atoms with van der Waals surface area (Å²) in [6.45, 7) is 3.82. The van der Waals surface area contributed by atoms with Crippen LogP contribution in [0.25, 0.3) is 0 Å². The monoisotopic (exact) mass is 371 g/mol. The molecule has 4 nitrogen and oxygen atoms in total. The standard InChI is InChI=1S/C18H18BrN3O/c1-12-4-5-15(14(19)11-12)22-9-6-18(7-10-22)13-3-2-8-20-16(13)21-17(18)23/h2-5,8,11H,6-7,9-10H2,1H3,(H,20,21,23). The molecule has 1 aromatic heterocycles. The molecule has 1 saturated heterocycles. The average Bonchev–Trinajstić information content (AvgIpc) is 2.81. The van der Waals surface area contributed by atoms with Crippen molar-refractivity contribution in [2.75, 3.05) is 23.3 Å². The fraction of sp³-hybridized carbons (Fsp3) is 0.333. The first-order valence-corrected chi connectivity index (χ1v) is 8.67. The molecule has 2 aliphatic rings. The Morgan fingerprint density at radius 3 is 2.78 bits per heavy atom. The number of halogens is 1. The number of rotatable bonds is 1. The van der Waals surface area contributed by atoms with E-state index in [0.717, 1.165) is 41.8 Å². The average molecular weight is 372 g/mol. The van der Waals surface area contributed by atoms with Crippen LogP contribution in [-0.4, -0.2) is 24.0 Å². The summed E-state index contributed by atoms with van der Waals surface area (Å²) in [7, 11) is 0. The third kappa shape index (κ3) is 2.26. The molecule has 23 heavy (non-hydrogen) atoms. The maximum Gasteiger partial charge on any atom is 0.236 e. The summed E-state index contributed by atoms with van der Waals surface area (Å²) in [6, 6.07) is 10.4. The second-order valence-corrected chi connectivity index (χ2v) is 7.23. The minimum absolute atomic E-state index is 0.105. The number of nitrogens with zero attached hydrogens (tertiary/aromatic N) is 2. The van der Waals surface area contributed by atoms with Gasteiger partial charge in [0.2, 0.25) is 5.91 Å². The Morgan fingerprint density at radius 1 is 1.26 bits per heavy atom. The summed E-state index contributed by atoms with van der Waals surface area (Å²) < 4.78 is 1.12. The van der Waals surface area contributed by atoms with Gasteiger partial charge in [-0.15, -0.1) is 0 Å². The molecule has 0 aliphatic carbocycles. The van der Waals surface area contributed by atoms with Gasteiger partial charge in [0.05, 0.1) is 11.1 Å². The Bertz CT molecular complexity index is 782. The Morgan fingerprint density at radius 2 is 2.04 bits per heavy atom. The van der Waals surface area contributed by atoms with Crippen molar-refractivity contribution in [3.05, 3.63) is 52.1 Å². The number of hydrogen-bond acceptors (Lipinski definition) is 3. The molecule has 0 saturated carbocycles. The van der Waals surface area contributed by atoms with Crippen LogP contribution in [0.3, 0.4) is 0 Å². The third-order valence-electron chi connectivity index (χ3n) is 5.05. The van der Waals surface area contributed by atoms with Crippen molar-refractivity contribution < 1.29 is 4.79 Å². The van der Waals surface area contributed by atoms with Gasteiger partial charge in [0.1, 0.15) is 5.82 Å². The van der Waals surface area contributed by atoms with Crippen LogP contribution in [0.15, 0.2) is 41.0 Å². The van der Waals surface area contributed by atoms with Gasteiger partial charge in [-0.2, -0.15) is 0 Å². The Balaban J connectivity index is 1.61. The van der Waals surface area contributed by atoms with Crippen LogP contribution >= 0.6 is 15.9 Å². The molecule has 4 rings (SSSR count). The first kappa shape index (κ1) is 14.7. The highest BCUT2D eigenvalue weighted by Gasteiger charge is 2.49. The largest absolute Gasteiger partial charge is 0.371 e. The molecule has 0 atom stereocenters. The highest BCUT2D eigenvalue weighted by molar-refractivity contribution is 9.10. The number of carbonyl (C=O) groups excluding carboxylic acids is 1. The van der Waals surface area contributed by atoms with Crippen molar-refractivity contribution in [2.45, 2.75) is 25.2 Å². The number of piperidine rings is 1. The molecule has 1 aromatic carbocycles. The first-order valence-electron chi connectivity index (χ1n) is 7.88. The Labute approximate surface area is 144 Å². The van der Waals surface area contributed by atoms with E-state index in [0.29, 0.717) is 0 Å². The minimum atomic E-state index is -0.405. The van der Waals surface area contributed by atoms with Crippen molar-refractivity contribution in [1.82, 2.24) is 4.98 Å². The van der Waals surface area contributed by atoms with E-state index in [-0.39, 0.29) is 5.91 Å². The fourth-order valence-electron chi connectivity index (χ4n) is 3.73. The van der Waals surface area contributed by atoms with Gasteiger partial charge in [0.25, 0.3) is 0 Å². The number of carbonyl (C=O) groups is 1.